The molecule has 0 amide bonds. The lowest BCUT2D eigenvalue weighted by Crippen LogP contribution is -2.26. The van der Waals surface area contributed by atoms with Crippen LogP contribution in [0.25, 0.3) is 0 Å². The topological polar surface area (TPSA) is 29.3 Å². The zero-order chi connectivity index (χ0) is 10.8. The first-order valence-electron chi connectivity index (χ1n) is 5.07. The number of nitrogens with zero attached hydrogens (tertiary/aromatic N) is 1. The molecule has 1 saturated heterocycles. The molecule has 0 aliphatic carbocycles. The fourth-order valence-electron chi connectivity index (χ4n) is 1.91. The molecule has 1 aromatic rings. The monoisotopic (exact) mass is 228 g/mol. The summed E-state index contributed by atoms with van der Waals surface area (Å²) in [6.07, 6.45) is 1.01. The molecule has 4 heteroatoms. The zero-order valence-electron chi connectivity index (χ0n) is 8.42. The highest BCUT2D eigenvalue weighted by molar-refractivity contribution is 6.31. The highest BCUT2D eigenvalue weighted by Crippen LogP contribution is 2.20. The summed E-state index contributed by atoms with van der Waals surface area (Å²) in [6, 6.07) is 4.72. The van der Waals surface area contributed by atoms with Gasteiger partial charge in [-0.25, -0.2) is 4.39 Å². The molecule has 82 valence electrons. The van der Waals surface area contributed by atoms with Crippen molar-refractivity contribution in [1.82, 2.24) is 4.90 Å². The molecule has 2 N–H and O–H groups in total. The Morgan fingerprint density at radius 2 is 2.33 bits per heavy atom. The van der Waals surface area contributed by atoms with E-state index in [9.17, 15) is 4.39 Å². The number of hydrogen-bond donors (Lipinski definition) is 1. The summed E-state index contributed by atoms with van der Waals surface area (Å²) in [6.45, 7) is 2.52. The van der Waals surface area contributed by atoms with Crippen molar-refractivity contribution in [3.05, 3.63) is 34.6 Å². The molecule has 1 aliphatic rings. The molecule has 0 aromatic heterocycles. The highest BCUT2D eigenvalue weighted by Gasteiger charge is 2.19. The quantitative estimate of drug-likeness (QED) is 0.839. The average molecular weight is 229 g/mol. The third-order valence-corrected chi connectivity index (χ3v) is 3.08. The third-order valence-electron chi connectivity index (χ3n) is 2.71. The molecule has 0 bridgehead atoms. The van der Waals surface area contributed by atoms with E-state index in [0.717, 1.165) is 25.1 Å². The predicted octanol–water partition coefficient (Wildman–Crippen LogP) is 2.01. The first-order valence-corrected chi connectivity index (χ1v) is 5.45. The first-order chi connectivity index (χ1) is 7.15. The molecule has 2 rings (SSSR count). The van der Waals surface area contributed by atoms with Crippen molar-refractivity contribution in [3.63, 3.8) is 0 Å². The van der Waals surface area contributed by atoms with Gasteiger partial charge in [0.15, 0.2) is 0 Å². The Kier molecular flexibility index (Phi) is 3.24. The zero-order valence-corrected chi connectivity index (χ0v) is 9.17. The van der Waals surface area contributed by atoms with Crippen molar-refractivity contribution < 1.29 is 4.39 Å². The van der Waals surface area contributed by atoms with Gasteiger partial charge in [-0.2, -0.15) is 0 Å². The SMILES string of the molecule is N[C@@H]1CCN(Cc2cc(F)ccc2Cl)C1. The summed E-state index contributed by atoms with van der Waals surface area (Å²) < 4.78 is 13.0. The van der Waals surface area contributed by atoms with Crippen LogP contribution in [-0.2, 0) is 6.54 Å². The van der Waals surface area contributed by atoms with E-state index < -0.39 is 0 Å². The van der Waals surface area contributed by atoms with Crippen molar-refractivity contribution >= 4 is 11.6 Å². The Morgan fingerprint density at radius 1 is 1.53 bits per heavy atom. The van der Waals surface area contributed by atoms with E-state index in [1.54, 1.807) is 6.07 Å². The van der Waals surface area contributed by atoms with Crippen LogP contribution in [-0.4, -0.2) is 24.0 Å². The summed E-state index contributed by atoms with van der Waals surface area (Å²) in [5, 5.41) is 0.622. The molecule has 0 saturated carbocycles. The normalized spacial score (nSPS) is 22.2. The van der Waals surface area contributed by atoms with Gasteiger partial charge in [-0.3, -0.25) is 4.90 Å². The van der Waals surface area contributed by atoms with E-state index in [1.807, 2.05) is 0 Å². The minimum Gasteiger partial charge on any atom is -0.326 e. The van der Waals surface area contributed by atoms with Gasteiger partial charge >= 0.3 is 0 Å². The van der Waals surface area contributed by atoms with Crippen molar-refractivity contribution in [2.45, 2.75) is 19.0 Å². The summed E-state index contributed by atoms with van der Waals surface area (Å²) in [7, 11) is 0. The molecule has 0 spiro atoms. The smallest absolute Gasteiger partial charge is 0.123 e. The second-order valence-electron chi connectivity index (χ2n) is 4.02. The maximum Gasteiger partial charge on any atom is 0.123 e. The third kappa shape index (κ3) is 2.68. The molecule has 1 heterocycles. The molecular weight excluding hydrogens is 215 g/mol. The van der Waals surface area contributed by atoms with Gasteiger partial charge in [-0.05, 0) is 30.2 Å². The molecule has 0 radical (unpaired) electrons. The summed E-state index contributed by atoms with van der Waals surface area (Å²) >= 11 is 5.99. The summed E-state index contributed by atoms with van der Waals surface area (Å²) in [4.78, 5) is 2.20. The number of halogens is 2. The van der Waals surface area contributed by atoms with Gasteiger partial charge < -0.3 is 5.73 Å². The van der Waals surface area contributed by atoms with Crippen molar-refractivity contribution in [3.8, 4) is 0 Å². The van der Waals surface area contributed by atoms with Gasteiger partial charge in [0, 0.05) is 30.7 Å². The molecule has 15 heavy (non-hydrogen) atoms. The molecular formula is C11H14ClFN2. The fourth-order valence-corrected chi connectivity index (χ4v) is 2.09. The Hall–Kier alpha value is -0.640. The second kappa shape index (κ2) is 4.47. The van der Waals surface area contributed by atoms with Crippen LogP contribution < -0.4 is 5.73 Å². The Morgan fingerprint density at radius 3 is 3.00 bits per heavy atom. The van der Waals surface area contributed by atoms with E-state index in [0.29, 0.717) is 11.6 Å². The van der Waals surface area contributed by atoms with E-state index in [2.05, 4.69) is 4.90 Å². The highest BCUT2D eigenvalue weighted by atomic mass is 35.5. The van der Waals surface area contributed by atoms with Crippen LogP contribution in [0.4, 0.5) is 4.39 Å². The van der Waals surface area contributed by atoms with Crippen molar-refractivity contribution in [2.24, 2.45) is 5.73 Å². The van der Waals surface area contributed by atoms with Crippen molar-refractivity contribution in [1.29, 1.82) is 0 Å². The average Bonchev–Trinajstić information content (AvgIpc) is 2.58. The van der Waals surface area contributed by atoms with Gasteiger partial charge in [-0.15, -0.1) is 0 Å². The lowest BCUT2D eigenvalue weighted by Gasteiger charge is -2.15. The van der Waals surface area contributed by atoms with Crippen LogP contribution in [0.2, 0.25) is 5.02 Å². The van der Waals surface area contributed by atoms with Crippen LogP contribution in [0.1, 0.15) is 12.0 Å². The van der Waals surface area contributed by atoms with Crippen molar-refractivity contribution in [2.75, 3.05) is 13.1 Å². The number of nitrogens with two attached hydrogens (primary N) is 1. The summed E-state index contributed by atoms with van der Waals surface area (Å²) in [5.74, 6) is -0.238. The lowest BCUT2D eigenvalue weighted by atomic mass is 10.2. The van der Waals surface area contributed by atoms with E-state index in [4.69, 9.17) is 17.3 Å². The fraction of sp³-hybridized carbons (Fsp3) is 0.455. The molecule has 2 nitrogen and oxygen atoms in total. The second-order valence-corrected chi connectivity index (χ2v) is 4.43. The van der Waals surface area contributed by atoms with E-state index in [1.165, 1.54) is 12.1 Å². The molecule has 0 unspecified atom stereocenters. The van der Waals surface area contributed by atoms with Crippen LogP contribution >= 0.6 is 11.6 Å². The lowest BCUT2D eigenvalue weighted by molar-refractivity contribution is 0.326. The van der Waals surface area contributed by atoms with E-state index in [-0.39, 0.29) is 11.9 Å². The molecule has 1 aromatic carbocycles. The van der Waals surface area contributed by atoms with Crippen LogP contribution in [0.3, 0.4) is 0 Å². The molecule has 1 aliphatic heterocycles. The molecule has 1 fully saturated rings. The van der Waals surface area contributed by atoms with Gasteiger partial charge in [0.25, 0.3) is 0 Å². The standard InChI is InChI=1S/C11H14ClFN2/c12-11-2-1-9(13)5-8(11)6-15-4-3-10(14)7-15/h1-2,5,10H,3-4,6-7,14H2/t10-/m1/s1. The Balaban J connectivity index is 2.07. The predicted molar refractivity (Wildman–Crippen MR) is 59.3 cm³/mol. The van der Waals surface area contributed by atoms with Crippen LogP contribution in [0.5, 0.6) is 0 Å². The number of benzene rings is 1. The minimum absolute atomic E-state index is 0.238. The maximum absolute atomic E-state index is 13.0. The van der Waals surface area contributed by atoms with Gasteiger partial charge in [0.1, 0.15) is 5.82 Å². The van der Waals surface area contributed by atoms with Gasteiger partial charge in [0.2, 0.25) is 0 Å². The van der Waals surface area contributed by atoms with Gasteiger partial charge in [-0.1, -0.05) is 11.6 Å². The van der Waals surface area contributed by atoms with Gasteiger partial charge in [0.05, 0.1) is 0 Å². The number of hydrogen-bond acceptors (Lipinski definition) is 2. The number of likely N-dealkylation sites (tertiary alicyclic amines) is 1. The van der Waals surface area contributed by atoms with E-state index >= 15 is 0 Å². The first kappa shape index (κ1) is 10.9. The minimum atomic E-state index is -0.238. The largest absolute Gasteiger partial charge is 0.326 e. The summed E-state index contributed by atoms with van der Waals surface area (Å²) in [5.41, 5.74) is 6.64. The number of rotatable bonds is 2. The maximum atomic E-state index is 13.0. The molecule has 1 atom stereocenters. The Bertz CT molecular complexity index is 356. The Labute approximate surface area is 93.8 Å². The van der Waals surface area contributed by atoms with Crippen LogP contribution in [0.15, 0.2) is 18.2 Å². The van der Waals surface area contributed by atoms with Crippen LogP contribution in [0, 0.1) is 5.82 Å².